The van der Waals surface area contributed by atoms with Crippen molar-refractivity contribution in [3.8, 4) is 23.1 Å². The number of aromatic amines is 1. The summed E-state index contributed by atoms with van der Waals surface area (Å²) in [5.41, 5.74) is 7.59. The van der Waals surface area contributed by atoms with E-state index < -0.39 is 0 Å². The van der Waals surface area contributed by atoms with E-state index in [1.165, 1.54) is 5.56 Å². The van der Waals surface area contributed by atoms with Crippen molar-refractivity contribution in [3.05, 3.63) is 29.8 Å². The van der Waals surface area contributed by atoms with Gasteiger partial charge in [0.25, 0.3) is 5.89 Å². The van der Waals surface area contributed by atoms with Crippen molar-refractivity contribution < 1.29 is 4.52 Å². The lowest BCUT2D eigenvalue weighted by molar-refractivity contribution is 0.429. The van der Waals surface area contributed by atoms with E-state index in [2.05, 4.69) is 51.3 Å². The van der Waals surface area contributed by atoms with Gasteiger partial charge < -0.3 is 10.3 Å². The minimum Gasteiger partial charge on any atom is -0.366 e. The van der Waals surface area contributed by atoms with Crippen LogP contribution in [0.4, 0.5) is 5.95 Å². The van der Waals surface area contributed by atoms with Gasteiger partial charge in [0.2, 0.25) is 17.6 Å². The van der Waals surface area contributed by atoms with Crippen LogP contribution < -0.4 is 5.73 Å². The number of hydrogen-bond donors (Lipinski definition) is 2. The smallest absolute Gasteiger partial charge is 0.295 e. The molecule has 3 N–H and O–H groups in total. The van der Waals surface area contributed by atoms with Crippen LogP contribution in [0.5, 0.6) is 0 Å². The van der Waals surface area contributed by atoms with Crippen LogP contribution in [0.2, 0.25) is 0 Å². The standard InChI is InChI=1S/C13H14N6O/c1-7(2)8-3-5-9(6-4-8)10-15-12(20-19-10)11-16-13(14)18-17-11/h3-7H,1-2H3,(H3,14,16,17,18). The fourth-order valence-electron chi connectivity index (χ4n) is 1.82. The quantitative estimate of drug-likeness (QED) is 0.755. The maximum atomic E-state index is 5.44. The summed E-state index contributed by atoms with van der Waals surface area (Å²) < 4.78 is 5.15. The molecule has 0 aliphatic heterocycles. The molecule has 0 unspecified atom stereocenters. The van der Waals surface area contributed by atoms with Crippen molar-refractivity contribution in [2.45, 2.75) is 19.8 Å². The number of aromatic nitrogens is 5. The fourth-order valence-corrected chi connectivity index (χ4v) is 1.82. The highest BCUT2D eigenvalue weighted by atomic mass is 16.5. The summed E-state index contributed by atoms with van der Waals surface area (Å²) in [6, 6.07) is 8.06. The van der Waals surface area contributed by atoms with Crippen molar-refractivity contribution in [1.82, 2.24) is 25.3 Å². The van der Waals surface area contributed by atoms with Gasteiger partial charge in [-0.2, -0.15) is 9.97 Å². The summed E-state index contributed by atoms with van der Waals surface area (Å²) in [6.45, 7) is 4.30. The average Bonchev–Trinajstić information content (AvgIpc) is 3.07. The number of H-pyrrole nitrogens is 1. The van der Waals surface area contributed by atoms with E-state index >= 15 is 0 Å². The van der Waals surface area contributed by atoms with E-state index in [9.17, 15) is 0 Å². The number of nitrogens with zero attached hydrogens (tertiary/aromatic N) is 4. The molecule has 0 atom stereocenters. The Balaban J connectivity index is 1.90. The third-order valence-corrected chi connectivity index (χ3v) is 2.97. The number of benzene rings is 1. The number of hydrogen-bond acceptors (Lipinski definition) is 6. The van der Waals surface area contributed by atoms with Crippen LogP contribution in [-0.4, -0.2) is 25.3 Å². The van der Waals surface area contributed by atoms with Crippen molar-refractivity contribution in [1.29, 1.82) is 0 Å². The van der Waals surface area contributed by atoms with Crippen LogP contribution in [-0.2, 0) is 0 Å². The molecule has 0 radical (unpaired) electrons. The van der Waals surface area contributed by atoms with Crippen molar-refractivity contribution >= 4 is 5.95 Å². The molecule has 0 saturated heterocycles. The molecule has 3 aromatic rings. The molecule has 7 nitrogen and oxygen atoms in total. The highest BCUT2D eigenvalue weighted by molar-refractivity contribution is 5.57. The summed E-state index contributed by atoms with van der Waals surface area (Å²) in [4.78, 5) is 8.21. The number of anilines is 1. The Labute approximate surface area is 115 Å². The minimum atomic E-state index is 0.140. The molecule has 2 heterocycles. The van der Waals surface area contributed by atoms with Crippen LogP contribution in [0.3, 0.4) is 0 Å². The zero-order chi connectivity index (χ0) is 14.1. The second-order valence-corrected chi connectivity index (χ2v) is 4.74. The van der Waals surface area contributed by atoms with Gasteiger partial charge in [0, 0.05) is 5.56 Å². The number of nitrogens with one attached hydrogen (secondary N) is 1. The Kier molecular flexibility index (Phi) is 2.94. The Morgan fingerprint density at radius 1 is 1.15 bits per heavy atom. The van der Waals surface area contributed by atoms with Gasteiger partial charge in [0.05, 0.1) is 0 Å². The number of rotatable bonds is 3. The van der Waals surface area contributed by atoms with E-state index in [4.69, 9.17) is 10.3 Å². The molecule has 0 aliphatic carbocycles. The largest absolute Gasteiger partial charge is 0.366 e. The molecule has 1 aromatic carbocycles. The summed E-state index contributed by atoms with van der Waals surface area (Å²) in [5.74, 6) is 1.76. The zero-order valence-corrected chi connectivity index (χ0v) is 11.2. The molecular formula is C13H14N6O. The summed E-state index contributed by atoms with van der Waals surface area (Å²) in [5, 5.41) is 10.3. The van der Waals surface area contributed by atoms with Gasteiger partial charge in [-0.1, -0.05) is 43.3 Å². The lowest BCUT2D eigenvalue weighted by Gasteiger charge is -2.04. The lowest BCUT2D eigenvalue weighted by Crippen LogP contribution is -1.88. The van der Waals surface area contributed by atoms with E-state index in [0.29, 0.717) is 17.6 Å². The van der Waals surface area contributed by atoms with Crippen LogP contribution in [0.25, 0.3) is 23.1 Å². The second kappa shape index (κ2) is 4.76. The summed E-state index contributed by atoms with van der Waals surface area (Å²) >= 11 is 0. The average molecular weight is 270 g/mol. The van der Waals surface area contributed by atoms with Crippen molar-refractivity contribution in [3.63, 3.8) is 0 Å². The normalized spacial score (nSPS) is 11.2. The zero-order valence-electron chi connectivity index (χ0n) is 11.2. The predicted molar refractivity (Wildman–Crippen MR) is 73.6 cm³/mol. The molecule has 3 rings (SSSR count). The van der Waals surface area contributed by atoms with E-state index in [1.54, 1.807) is 0 Å². The van der Waals surface area contributed by atoms with Gasteiger partial charge >= 0.3 is 0 Å². The molecule has 2 aromatic heterocycles. The van der Waals surface area contributed by atoms with Crippen LogP contribution in [0.1, 0.15) is 25.3 Å². The van der Waals surface area contributed by atoms with Gasteiger partial charge in [0.15, 0.2) is 0 Å². The third-order valence-electron chi connectivity index (χ3n) is 2.97. The minimum absolute atomic E-state index is 0.140. The SMILES string of the molecule is CC(C)c1ccc(-c2noc(-c3nc(N)n[nH]3)n2)cc1. The molecule has 20 heavy (non-hydrogen) atoms. The van der Waals surface area contributed by atoms with Crippen molar-refractivity contribution in [2.75, 3.05) is 5.73 Å². The molecule has 102 valence electrons. The molecule has 0 amide bonds. The van der Waals surface area contributed by atoms with Gasteiger partial charge in [-0.25, -0.2) is 0 Å². The van der Waals surface area contributed by atoms with Crippen LogP contribution in [0, 0.1) is 0 Å². The highest BCUT2D eigenvalue weighted by Crippen LogP contribution is 2.22. The number of nitrogens with two attached hydrogens (primary N) is 1. The van der Waals surface area contributed by atoms with Gasteiger partial charge in [-0.05, 0) is 11.5 Å². The molecule has 7 heteroatoms. The monoisotopic (exact) mass is 270 g/mol. The molecular weight excluding hydrogens is 256 g/mol. The first-order chi connectivity index (χ1) is 9.63. The molecule has 0 fully saturated rings. The van der Waals surface area contributed by atoms with Crippen molar-refractivity contribution in [2.24, 2.45) is 0 Å². The van der Waals surface area contributed by atoms with Gasteiger partial charge in [0.1, 0.15) is 0 Å². The topological polar surface area (TPSA) is 107 Å². The maximum Gasteiger partial charge on any atom is 0.295 e. The first-order valence-corrected chi connectivity index (χ1v) is 6.26. The molecule has 0 spiro atoms. The molecule has 0 saturated carbocycles. The predicted octanol–water partition coefficient (Wildman–Crippen LogP) is 2.23. The van der Waals surface area contributed by atoms with Gasteiger partial charge in [-0.15, -0.1) is 5.10 Å². The Bertz CT molecular complexity index is 713. The Morgan fingerprint density at radius 2 is 1.90 bits per heavy atom. The summed E-state index contributed by atoms with van der Waals surface area (Å²) in [6.07, 6.45) is 0. The highest BCUT2D eigenvalue weighted by Gasteiger charge is 2.14. The molecule has 0 aliphatic rings. The first kappa shape index (κ1) is 12.3. The van der Waals surface area contributed by atoms with E-state index in [1.807, 2.05) is 12.1 Å². The van der Waals surface area contributed by atoms with Crippen LogP contribution in [0.15, 0.2) is 28.8 Å². The Hall–Kier alpha value is -2.70. The maximum absolute atomic E-state index is 5.44. The molecule has 0 bridgehead atoms. The first-order valence-electron chi connectivity index (χ1n) is 6.26. The Morgan fingerprint density at radius 3 is 2.50 bits per heavy atom. The van der Waals surface area contributed by atoms with Crippen LogP contribution >= 0.6 is 0 Å². The third kappa shape index (κ3) is 2.25. The lowest BCUT2D eigenvalue weighted by atomic mass is 10.0. The van der Waals surface area contributed by atoms with Gasteiger partial charge in [-0.3, -0.25) is 5.10 Å². The fraction of sp³-hybridized carbons (Fsp3) is 0.231. The second-order valence-electron chi connectivity index (χ2n) is 4.74. The van der Waals surface area contributed by atoms with E-state index in [-0.39, 0.29) is 11.8 Å². The summed E-state index contributed by atoms with van der Waals surface area (Å²) in [7, 11) is 0. The number of nitrogen functional groups attached to an aromatic ring is 1. The van der Waals surface area contributed by atoms with E-state index in [0.717, 1.165) is 5.56 Å².